The van der Waals surface area contributed by atoms with Gasteiger partial charge in [-0.3, -0.25) is 4.79 Å². The number of carbonyl (C=O) groups is 1. The lowest BCUT2D eigenvalue weighted by Crippen LogP contribution is -2.11. The first kappa shape index (κ1) is 26.0. The highest BCUT2D eigenvalue weighted by atomic mass is 31.2. The van der Waals surface area contributed by atoms with Gasteiger partial charge in [-0.2, -0.15) is 0 Å². The van der Waals surface area contributed by atoms with Crippen LogP contribution in [0.2, 0.25) is 0 Å². The maximum absolute atomic E-state index is 12.4. The molecule has 25 heavy (non-hydrogen) atoms. The molecule has 5 N–H and O–H groups in total. The number of halogens is 1. The van der Waals surface area contributed by atoms with E-state index in [1.54, 1.807) is 12.1 Å². The van der Waals surface area contributed by atoms with Crippen LogP contribution in [0.25, 0.3) is 0 Å². The Kier molecular flexibility index (Phi) is 19.8. The monoisotopic (exact) mass is 378 g/mol. The standard InChI is InChI=1S/C8H10FO3P.C7H16N2O.C2H6/c1-6-2-3-8(12-13(10)11)7(4-6)5-9;8-5-3-1-2-4-6-9-7-10;1-2/h2-4,10-11H,5H2,1H3;7H,1-6,8H2,(H,9,10);1-2H3. The van der Waals surface area contributed by atoms with E-state index in [0.717, 1.165) is 44.3 Å². The second kappa shape index (κ2) is 19.1. The van der Waals surface area contributed by atoms with Crippen LogP contribution < -0.4 is 15.6 Å². The fraction of sp³-hybridized carbons (Fsp3) is 0.588. The van der Waals surface area contributed by atoms with Gasteiger partial charge in [0.2, 0.25) is 6.41 Å². The van der Waals surface area contributed by atoms with Gasteiger partial charge in [0.15, 0.2) is 0 Å². The van der Waals surface area contributed by atoms with E-state index < -0.39 is 15.3 Å². The number of hydrogen-bond donors (Lipinski definition) is 4. The van der Waals surface area contributed by atoms with Gasteiger partial charge in [0.25, 0.3) is 0 Å². The molecule has 1 aromatic rings. The van der Waals surface area contributed by atoms with Gasteiger partial charge in [0, 0.05) is 12.1 Å². The molecular formula is C17H32FN2O4P. The molecular weight excluding hydrogens is 346 g/mol. The second-order valence-corrected chi connectivity index (χ2v) is 5.55. The third-order valence-electron chi connectivity index (χ3n) is 2.90. The molecule has 0 saturated carbocycles. The zero-order valence-electron chi connectivity index (χ0n) is 15.4. The quantitative estimate of drug-likeness (QED) is 0.284. The summed E-state index contributed by atoms with van der Waals surface area (Å²) in [6, 6.07) is 4.84. The Morgan fingerprint density at radius 2 is 1.88 bits per heavy atom. The van der Waals surface area contributed by atoms with Gasteiger partial charge in [-0.25, -0.2) is 4.39 Å². The lowest BCUT2D eigenvalue weighted by Gasteiger charge is -2.09. The van der Waals surface area contributed by atoms with Gasteiger partial charge in [0.1, 0.15) is 12.4 Å². The summed E-state index contributed by atoms with van der Waals surface area (Å²) in [5, 5.41) is 2.61. The molecule has 0 spiro atoms. The van der Waals surface area contributed by atoms with Gasteiger partial charge in [0.05, 0.1) is 0 Å². The van der Waals surface area contributed by atoms with Crippen LogP contribution in [0.3, 0.4) is 0 Å². The van der Waals surface area contributed by atoms with Gasteiger partial charge < -0.3 is 25.4 Å². The van der Waals surface area contributed by atoms with Crippen molar-refractivity contribution in [3.8, 4) is 5.75 Å². The van der Waals surface area contributed by atoms with E-state index in [0.29, 0.717) is 5.56 Å². The van der Waals surface area contributed by atoms with Gasteiger partial charge in [-0.15, -0.1) is 0 Å². The van der Waals surface area contributed by atoms with Gasteiger partial charge in [-0.1, -0.05) is 38.3 Å². The molecule has 0 heterocycles. The summed E-state index contributed by atoms with van der Waals surface area (Å²) in [5.41, 5.74) is 6.53. The number of nitrogens with two attached hydrogens (primary N) is 1. The minimum atomic E-state index is -2.47. The van der Waals surface area contributed by atoms with E-state index in [2.05, 4.69) is 9.84 Å². The first-order chi connectivity index (χ1) is 12.0. The SMILES string of the molecule is CC.Cc1ccc(OP(O)O)c(CF)c1.NCCCCCCNC=O. The summed E-state index contributed by atoms with van der Waals surface area (Å²) in [4.78, 5) is 26.9. The zero-order valence-corrected chi connectivity index (χ0v) is 16.3. The molecule has 1 rings (SSSR count). The summed E-state index contributed by atoms with van der Waals surface area (Å²) >= 11 is 0. The van der Waals surface area contributed by atoms with Crippen LogP contribution in [0.1, 0.15) is 50.7 Å². The van der Waals surface area contributed by atoms with E-state index in [4.69, 9.17) is 15.5 Å². The third kappa shape index (κ3) is 16.0. The predicted molar refractivity (Wildman–Crippen MR) is 101 cm³/mol. The van der Waals surface area contributed by atoms with Crippen molar-refractivity contribution >= 4 is 15.0 Å². The molecule has 0 unspecified atom stereocenters. The molecule has 0 aliphatic carbocycles. The highest BCUT2D eigenvalue weighted by molar-refractivity contribution is 7.39. The average molecular weight is 378 g/mol. The first-order valence-electron chi connectivity index (χ1n) is 8.43. The van der Waals surface area contributed by atoms with Gasteiger partial charge in [-0.05, 0) is 38.4 Å². The van der Waals surface area contributed by atoms with Crippen LogP contribution in [-0.2, 0) is 11.5 Å². The molecule has 0 saturated heterocycles. The molecule has 1 aromatic carbocycles. The molecule has 8 heteroatoms. The van der Waals surface area contributed by atoms with E-state index in [1.165, 1.54) is 12.5 Å². The molecule has 0 atom stereocenters. The number of alkyl halides is 1. The number of rotatable bonds is 10. The van der Waals surface area contributed by atoms with Crippen molar-refractivity contribution < 1.29 is 23.5 Å². The lowest BCUT2D eigenvalue weighted by atomic mass is 10.1. The molecule has 6 nitrogen and oxygen atoms in total. The highest BCUT2D eigenvalue weighted by Gasteiger charge is 2.08. The Balaban J connectivity index is 0. The van der Waals surface area contributed by atoms with Crippen LogP contribution in [-0.4, -0.2) is 29.3 Å². The van der Waals surface area contributed by atoms with Crippen molar-refractivity contribution in [3.63, 3.8) is 0 Å². The number of amides is 1. The Morgan fingerprint density at radius 1 is 1.24 bits per heavy atom. The van der Waals surface area contributed by atoms with Crippen molar-refractivity contribution in [2.24, 2.45) is 5.73 Å². The van der Waals surface area contributed by atoms with E-state index >= 15 is 0 Å². The van der Waals surface area contributed by atoms with Crippen LogP contribution in [0, 0.1) is 6.92 Å². The van der Waals surface area contributed by atoms with E-state index in [1.807, 2.05) is 20.8 Å². The molecule has 0 aliphatic rings. The molecule has 0 aliphatic heterocycles. The third-order valence-corrected chi connectivity index (χ3v) is 3.26. The lowest BCUT2D eigenvalue weighted by molar-refractivity contribution is -0.109. The Labute approximate surface area is 151 Å². The molecule has 0 bridgehead atoms. The van der Waals surface area contributed by atoms with Crippen LogP contribution >= 0.6 is 8.60 Å². The Bertz CT molecular complexity index is 437. The van der Waals surface area contributed by atoms with Crippen molar-refractivity contribution in [1.29, 1.82) is 0 Å². The maximum Gasteiger partial charge on any atom is 0.391 e. The number of aryl methyl sites for hydroxylation is 1. The zero-order chi connectivity index (χ0) is 19.5. The Morgan fingerprint density at radius 3 is 2.40 bits per heavy atom. The van der Waals surface area contributed by atoms with E-state index in [-0.39, 0.29) is 5.75 Å². The van der Waals surface area contributed by atoms with Gasteiger partial charge >= 0.3 is 8.60 Å². The second-order valence-electron chi connectivity index (χ2n) is 4.86. The summed E-state index contributed by atoms with van der Waals surface area (Å²) in [5.74, 6) is 0.184. The minimum Gasteiger partial charge on any atom is -0.427 e. The number of unbranched alkanes of at least 4 members (excludes halogenated alkanes) is 3. The normalized spacial score (nSPS) is 9.44. The molecule has 0 radical (unpaired) electrons. The Hall–Kier alpha value is -1.27. The predicted octanol–water partition coefficient (Wildman–Crippen LogP) is 3.33. The largest absolute Gasteiger partial charge is 0.427 e. The van der Waals surface area contributed by atoms with Crippen molar-refractivity contribution in [3.05, 3.63) is 29.3 Å². The molecule has 1 amide bonds. The molecule has 0 fully saturated rings. The van der Waals surface area contributed by atoms with Crippen LogP contribution in [0.5, 0.6) is 5.75 Å². The summed E-state index contributed by atoms with van der Waals surface area (Å²) in [6.07, 6.45) is 5.25. The van der Waals surface area contributed by atoms with Crippen LogP contribution in [0.15, 0.2) is 18.2 Å². The number of benzene rings is 1. The van der Waals surface area contributed by atoms with Crippen molar-refractivity contribution in [2.75, 3.05) is 13.1 Å². The topological polar surface area (TPSA) is 105 Å². The molecule has 0 aromatic heterocycles. The number of carbonyl (C=O) groups excluding carboxylic acids is 1. The first-order valence-corrected chi connectivity index (χ1v) is 9.60. The van der Waals surface area contributed by atoms with E-state index in [9.17, 15) is 9.18 Å². The summed E-state index contributed by atoms with van der Waals surface area (Å²) in [6.45, 7) is 6.72. The maximum atomic E-state index is 12.4. The minimum absolute atomic E-state index is 0.184. The molecule has 146 valence electrons. The number of nitrogens with one attached hydrogen (secondary N) is 1. The smallest absolute Gasteiger partial charge is 0.391 e. The summed E-state index contributed by atoms with van der Waals surface area (Å²) < 4.78 is 17.0. The van der Waals surface area contributed by atoms with Crippen LogP contribution in [0.4, 0.5) is 4.39 Å². The fourth-order valence-electron chi connectivity index (χ4n) is 1.77. The highest BCUT2D eigenvalue weighted by Crippen LogP contribution is 2.32. The van der Waals surface area contributed by atoms with Crippen molar-refractivity contribution in [1.82, 2.24) is 5.32 Å². The summed E-state index contributed by atoms with van der Waals surface area (Å²) in [7, 11) is -2.47. The number of hydrogen-bond acceptors (Lipinski definition) is 5. The fourth-order valence-corrected chi connectivity index (χ4v) is 2.13. The average Bonchev–Trinajstić information content (AvgIpc) is 2.61. The van der Waals surface area contributed by atoms with Crippen molar-refractivity contribution in [2.45, 2.75) is 53.1 Å².